The number of carbonyl (C=O) groups excluding carboxylic acids is 1. The predicted octanol–water partition coefficient (Wildman–Crippen LogP) is 3.28. The van der Waals surface area contributed by atoms with E-state index in [9.17, 15) is 4.79 Å². The molecule has 1 aliphatic rings. The molecule has 5 nitrogen and oxygen atoms in total. The topological polar surface area (TPSA) is 66.5 Å². The molecule has 1 heterocycles. The molecule has 0 saturated heterocycles. The predicted molar refractivity (Wildman–Crippen MR) is 83.6 cm³/mol. The van der Waals surface area contributed by atoms with Crippen molar-refractivity contribution in [2.45, 2.75) is 31.8 Å². The summed E-state index contributed by atoms with van der Waals surface area (Å²) < 4.78 is 11.0. The van der Waals surface area contributed by atoms with E-state index < -0.39 is 0 Å². The molecule has 23 heavy (non-hydrogen) atoms. The third-order valence-corrected chi connectivity index (χ3v) is 3.95. The first kappa shape index (κ1) is 15.2. The van der Waals surface area contributed by atoms with Crippen LogP contribution in [0.25, 0.3) is 0 Å². The average molecular weight is 310 g/mol. The summed E-state index contributed by atoms with van der Waals surface area (Å²) in [6.07, 6.45) is 3.66. The lowest BCUT2D eigenvalue weighted by Crippen LogP contribution is -2.38. The van der Waals surface area contributed by atoms with Gasteiger partial charge in [-0.25, -0.2) is 0 Å². The van der Waals surface area contributed by atoms with Crippen LogP contribution in [0.15, 0.2) is 47.1 Å². The minimum absolute atomic E-state index is 0.0204. The SMILES string of the molecule is C[C@@H](c1ccco1)N(C(=O)COc1ccc(C#N)cc1)C1CC1. The van der Waals surface area contributed by atoms with Gasteiger partial charge in [-0.2, -0.15) is 5.26 Å². The van der Waals surface area contributed by atoms with Gasteiger partial charge >= 0.3 is 0 Å². The highest BCUT2D eigenvalue weighted by atomic mass is 16.5. The van der Waals surface area contributed by atoms with Gasteiger partial charge in [0.25, 0.3) is 5.91 Å². The van der Waals surface area contributed by atoms with Crippen LogP contribution in [0.3, 0.4) is 0 Å². The quantitative estimate of drug-likeness (QED) is 0.821. The number of furan rings is 1. The molecule has 0 spiro atoms. The van der Waals surface area contributed by atoms with Crippen LogP contribution in [0.1, 0.15) is 37.1 Å². The molecular formula is C18H18N2O3. The van der Waals surface area contributed by atoms with Gasteiger partial charge in [-0.1, -0.05) is 0 Å². The second-order valence-corrected chi connectivity index (χ2v) is 5.65. The van der Waals surface area contributed by atoms with E-state index in [2.05, 4.69) is 0 Å². The van der Waals surface area contributed by atoms with Crippen LogP contribution in [0.4, 0.5) is 0 Å². The van der Waals surface area contributed by atoms with Gasteiger partial charge in [0.15, 0.2) is 6.61 Å². The molecule has 2 aromatic rings. The summed E-state index contributed by atoms with van der Waals surface area (Å²) in [6, 6.07) is 12.7. The van der Waals surface area contributed by atoms with Gasteiger partial charge < -0.3 is 14.1 Å². The Balaban J connectivity index is 1.63. The molecule has 1 aromatic carbocycles. The largest absolute Gasteiger partial charge is 0.484 e. The number of hydrogen-bond acceptors (Lipinski definition) is 4. The Hall–Kier alpha value is -2.74. The van der Waals surface area contributed by atoms with Gasteiger partial charge in [-0.15, -0.1) is 0 Å². The summed E-state index contributed by atoms with van der Waals surface area (Å²) in [7, 11) is 0. The van der Waals surface area contributed by atoms with Gasteiger partial charge in [0.05, 0.1) is 23.9 Å². The fourth-order valence-corrected chi connectivity index (χ4v) is 2.60. The van der Waals surface area contributed by atoms with E-state index in [4.69, 9.17) is 14.4 Å². The monoisotopic (exact) mass is 310 g/mol. The first-order chi connectivity index (χ1) is 11.2. The molecule has 0 unspecified atom stereocenters. The molecule has 3 rings (SSSR count). The smallest absolute Gasteiger partial charge is 0.261 e. The van der Waals surface area contributed by atoms with Gasteiger partial charge in [0, 0.05) is 6.04 Å². The van der Waals surface area contributed by atoms with E-state index >= 15 is 0 Å². The first-order valence-electron chi connectivity index (χ1n) is 7.66. The fraction of sp³-hybridized carbons (Fsp3) is 0.333. The molecule has 1 fully saturated rings. The standard InChI is InChI=1S/C18H18N2O3/c1-13(17-3-2-10-22-17)20(15-6-7-15)18(21)12-23-16-8-4-14(11-19)5-9-16/h2-5,8-10,13,15H,6-7,12H2,1H3/t13-/m0/s1. The van der Waals surface area contributed by atoms with Gasteiger partial charge in [-0.05, 0) is 56.2 Å². The summed E-state index contributed by atoms with van der Waals surface area (Å²) in [5.74, 6) is 1.31. The third-order valence-electron chi connectivity index (χ3n) is 3.95. The van der Waals surface area contributed by atoms with Crippen LogP contribution in [0.2, 0.25) is 0 Å². The maximum atomic E-state index is 12.6. The number of rotatable bonds is 6. The summed E-state index contributed by atoms with van der Waals surface area (Å²) in [5.41, 5.74) is 0.565. The highest BCUT2D eigenvalue weighted by Crippen LogP contribution is 2.34. The Bertz CT molecular complexity index is 697. The number of amides is 1. The molecule has 118 valence electrons. The summed E-state index contributed by atoms with van der Waals surface area (Å²) in [4.78, 5) is 14.4. The zero-order valence-corrected chi connectivity index (χ0v) is 12.9. The van der Waals surface area contributed by atoms with Crippen molar-refractivity contribution in [3.8, 4) is 11.8 Å². The molecule has 1 saturated carbocycles. The van der Waals surface area contributed by atoms with Crippen LogP contribution >= 0.6 is 0 Å². The summed E-state index contributed by atoms with van der Waals surface area (Å²) >= 11 is 0. The highest BCUT2D eigenvalue weighted by molar-refractivity contribution is 5.79. The van der Waals surface area contributed by atoms with Crippen LogP contribution in [0.5, 0.6) is 5.75 Å². The Morgan fingerprint density at radius 2 is 2.13 bits per heavy atom. The normalized spacial score (nSPS) is 14.8. The molecule has 0 radical (unpaired) electrons. The molecule has 0 aliphatic heterocycles. The molecule has 0 bridgehead atoms. The van der Waals surface area contributed by atoms with Crippen LogP contribution in [0, 0.1) is 11.3 Å². The second kappa shape index (κ2) is 6.57. The Morgan fingerprint density at radius 3 is 2.70 bits per heavy atom. The third kappa shape index (κ3) is 3.54. The Labute approximate surface area is 135 Å². The Morgan fingerprint density at radius 1 is 1.39 bits per heavy atom. The number of hydrogen-bond donors (Lipinski definition) is 0. The van der Waals surface area contributed by atoms with E-state index in [1.165, 1.54) is 0 Å². The maximum Gasteiger partial charge on any atom is 0.261 e. The minimum Gasteiger partial charge on any atom is -0.484 e. The van der Waals surface area contributed by atoms with E-state index in [1.807, 2.05) is 30.0 Å². The van der Waals surface area contributed by atoms with E-state index in [1.54, 1.807) is 30.5 Å². The van der Waals surface area contributed by atoms with Crippen molar-refractivity contribution in [2.24, 2.45) is 0 Å². The lowest BCUT2D eigenvalue weighted by atomic mass is 10.2. The van der Waals surface area contributed by atoms with Crippen LogP contribution in [-0.4, -0.2) is 23.5 Å². The summed E-state index contributed by atoms with van der Waals surface area (Å²) in [5, 5.41) is 8.78. The molecular weight excluding hydrogens is 292 g/mol. The zero-order valence-electron chi connectivity index (χ0n) is 12.9. The molecule has 1 aromatic heterocycles. The fourth-order valence-electron chi connectivity index (χ4n) is 2.60. The summed E-state index contributed by atoms with van der Waals surface area (Å²) in [6.45, 7) is 1.95. The van der Waals surface area contributed by atoms with Crippen LogP contribution < -0.4 is 4.74 Å². The number of nitrogens with zero attached hydrogens (tertiary/aromatic N) is 2. The van der Waals surface area contributed by atoms with Crippen molar-refractivity contribution < 1.29 is 13.9 Å². The van der Waals surface area contributed by atoms with Crippen LogP contribution in [-0.2, 0) is 4.79 Å². The lowest BCUT2D eigenvalue weighted by molar-refractivity contribution is -0.136. The van der Waals surface area contributed by atoms with E-state index in [0.29, 0.717) is 11.3 Å². The van der Waals surface area contributed by atoms with Crippen molar-refractivity contribution in [1.29, 1.82) is 5.26 Å². The highest BCUT2D eigenvalue weighted by Gasteiger charge is 2.37. The van der Waals surface area contributed by atoms with Gasteiger partial charge in [-0.3, -0.25) is 4.79 Å². The number of benzene rings is 1. The average Bonchev–Trinajstić information content (AvgIpc) is 3.25. The number of nitriles is 1. The number of ether oxygens (including phenoxy) is 1. The minimum atomic E-state index is -0.102. The maximum absolute atomic E-state index is 12.6. The lowest BCUT2D eigenvalue weighted by Gasteiger charge is -2.28. The van der Waals surface area contributed by atoms with Gasteiger partial charge in [0.2, 0.25) is 0 Å². The van der Waals surface area contributed by atoms with Crippen molar-refractivity contribution in [3.05, 3.63) is 54.0 Å². The van der Waals surface area contributed by atoms with Crippen molar-refractivity contribution in [2.75, 3.05) is 6.61 Å². The Kier molecular flexibility index (Phi) is 4.33. The molecule has 1 amide bonds. The molecule has 0 N–H and O–H groups in total. The van der Waals surface area contributed by atoms with Crippen molar-refractivity contribution in [1.82, 2.24) is 4.90 Å². The second-order valence-electron chi connectivity index (χ2n) is 5.65. The van der Waals surface area contributed by atoms with E-state index in [0.717, 1.165) is 18.6 Å². The number of carbonyl (C=O) groups is 1. The zero-order chi connectivity index (χ0) is 16.2. The van der Waals surface area contributed by atoms with E-state index in [-0.39, 0.29) is 24.6 Å². The molecule has 1 atom stereocenters. The van der Waals surface area contributed by atoms with Crippen molar-refractivity contribution in [3.63, 3.8) is 0 Å². The molecule has 1 aliphatic carbocycles. The molecule has 5 heteroatoms. The van der Waals surface area contributed by atoms with Crippen molar-refractivity contribution >= 4 is 5.91 Å². The first-order valence-corrected chi connectivity index (χ1v) is 7.66. The van der Waals surface area contributed by atoms with Gasteiger partial charge in [0.1, 0.15) is 11.5 Å².